The molecule has 0 spiro atoms. The highest BCUT2D eigenvalue weighted by Crippen LogP contribution is 2.41. The summed E-state index contributed by atoms with van der Waals surface area (Å²) in [4.78, 5) is 0. The van der Waals surface area contributed by atoms with E-state index >= 15 is 0 Å². The number of aliphatic hydroxyl groups excluding tert-OH is 1. The number of rotatable bonds is 3. The molecule has 1 saturated carbocycles. The van der Waals surface area contributed by atoms with Crippen LogP contribution < -0.4 is 5.73 Å². The summed E-state index contributed by atoms with van der Waals surface area (Å²) in [5, 5.41) is 9.77. The van der Waals surface area contributed by atoms with Crippen LogP contribution in [-0.4, -0.2) is 11.2 Å². The lowest BCUT2D eigenvalue weighted by molar-refractivity contribution is -0.138. The summed E-state index contributed by atoms with van der Waals surface area (Å²) in [5.41, 5.74) is 3.82. The number of halogens is 4. The molecule has 0 amide bonds. The summed E-state index contributed by atoms with van der Waals surface area (Å²) in [6, 6.07) is 1.33. The molecule has 0 heterocycles. The Kier molecular flexibility index (Phi) is 3.33. The quantitative estimate of drug-likeness (QED) is 0.823. The van der Waals surface area contributed by atoms with E-state index in [1.807, 2.05) is 0 Å². The summed E-state index contributed by atoms with van der Waals surface area (Å²) in [7, 11) is 0. The third kappa shape index (κ3) is 2.49. The molecule has 2 atom stereocenters. The van der Waals surface area contributed by atoms with Crippen LogP contribution in [0.15, 0.2) is 18.2 Å². The van der Waals surface area contributed by atoms with Gasteiger partial charge in [0, 0.05) is 5.56 Å². The van der Waals surface area contributed by atoms with Gasteiger partial charge in [0.05, 0.1) is 17.7 Å². The van der Waals surface area contributed by atoms with E-state index in [1.165, 1.54) is 0 Å². The lowest BCUT2D eigenvalue weighted by Crippen LogP contribution is -2.31. The van der Waals surface area contributed by atoms with Gasteiger partial charge in [0.25, 0.3) is 0 Å². The summed E-state index contributed by atoms with van der Waals surface area (Å²) < 4.78 is 51.9. The van der Waals surface area contributed by atoms with E-state index in [2.05, 4.69) is 0 Å². The molecule has 1 fully saturated rings. The number of nitrogens with two attached hydrogens (primary N) is 1. The predicted octanol–water partition coefficient (Wildman–Crippen LogP) is 2.62. The highest BCUT2D eigenvalue weighted by atomic mass is 19.4. The smallest absolute Gasteiger partial charge is 0.391 e. The van der Waals surface area contributed by atoms with Gasteiger partial charge >= 0.3 is 6.18 Å². The average Bonchev–Trinajstić information content (AvgIpc) is 3.09. The molecule has 3 N–H and O–H groups in total. The van der Waals surface area contributed by atoms with Crippen molar-refractivity contribution < 1.29 is 22.7 Å². The highest BCUT2D eigenvalue weighted by Gasteiger charge is 2.41. The molecular formula is C12H13F4NO. The van der Waals surface area contributed by atoms with Gasteiger partial charge < -0.3 is 10.8 Å². The molecule has 0 saturated heterocycles. The molecule has 6 heteroatoms. The molecule has 0 aromatic heterocycles. The van der Waals surface area contributed by atoms with Crippen molar-refractivity contribution in [2.75, 3.05) is 0 Å². The number of benzene rings is 1. The molecular weight excluding hydrogens is 250 g/mol. The molecule has 0 bridgehead atoms. The molecule has 2 rings (SSSR count). The second kappa shape index (κ2) is 4.51. The highest BCUT2D eigenvalue weighted by molar-refractivity contribution is 5.34. The number of alkyl halides is 3. The van der Waals surface area contributed by atoms with Crippen molar-refractivity contribution in [3.8, 4) is 0 Å². The summed E-state index contributed by atoms with van der Waals surface area (Å²) >= 11 is 0. The Morgan fingerprint density at radius 3 is 2.39 bits per heavy atom. The van der Waals surface area contributed by atoms with Gasteiger partial charge in [-0.15, -0.1) is 0 Å². The molecule has 0 unspecified atom stereocenters. The van der Waals surface area contributed by atoms with Crippen molar-refractivity contribution in [3.63, 3.8) is 0 Å². The molecule has 2 nitrogen and oxygen atoms in total. The lowest BCUT2D eigenvalue weighted by Gasteiger charge is -2.23. The topological polar surface area (TPSA) is 46.2 Å². The van der Waals surface area contributed by atoms with Crippen molar-refractivity contribution in [2.45, 2.75) is 31.2 Å². The summed E-state index contributed by atoms with van der Waals surface area (Å²) in [6.45, 7) is 0. The number of hydrogen-bond donors (Lipinski definition) is 2. The van der Waals surface area contributed by atoms with Crippen LogP contribution in [0.1, 0.15) is 30.0 Å². The molecule has 1 aliphatic carbocycles. The third-order valence-electron chi connectivity index (χ3n) is 3.16. The van der Waals surface area contributed by atoms with Gasteiger partial charge in [-0.25, -0.2) is 4.39 Å². The van der Waals surface area contributed by atoms with Crippen LogP contribution in [0, 0.1) is 11.7 Å². The minimum Gasteiger partial charge on any atom is -0.391 e. The molecule has 1 aliphatic rings. The van der Waals surface area contributed by atoms with Gasteiger partial charge in [0.2, 0.25) is 0 Å². The van der Waals surface area contributed by atoms with Crippen LogP contribution in [-0.2, 0) is 6.18 Å². The van der Waals surface area contributed by atoms with E-state index in [4.69, 9.17) is 5.73 Å². The normalized spacial score (nSPS) is 19.7. The van der Waals surface area contributed by atoms with E-state index < -0.39 is 35.3 Å². The fraction of sp³-hybridized carbons (Fsp3) is 0.500. The Hall–Kier alpha value is -1.14. The zero-order valence-electron chi connectivity index (χ0n) is 9.41. The van der Waals surface area contributed by atoms with E-state index in [0.29, 0.717) is 12.8 Å². The SMILES string of the molecule is N[C@H](c1c(F)cccc1C(F)(F)F)[C@@H](O)C1CC1. The van der Waals surface area contributed by atoms with Crippen LogP contribution in [0.4, 0.5) is 17.6 Å². The second-order valence-electron chi connectivity index (χ2n) is 4.55. The third-order valence-corrected chi connectivity index (χ3v) is 3.16. The first-order valence-corrected chi connectivity index (χ1v) is 5.61. The maximum Gasteiger partial charge on any atom is 0.416 e. The van der Waals surface area contributed by atoms with Crippen LogP contribution in [0.25, 0.3) is 0 Å². The lowest BCUT2D eigenvalue weighted by atomic mass is 9.94. The van der Waals surface area contributed by atoms with Crippen molar-refractivity contribution in [2.24, 2.45) is 11.7 Å². The molecule has 1 aromatic carbocycles. The van der Waals surface area contributed by atoms with Gasteiger partial charge in [-0.05, 0) is 30.9 Å². The van der Waals surface area contributed by atoms with Crippen LogP contribution in [0.3, 0.4) is 0 Å². The molecule has 18 heavy (non-hydrogen) atoms. The Labute approximate surface area is 101 Å². The first kappa shape index (κ1) is 13.3. The predicted molar refractivity (Wildman–Crippen MR) is 57.1 cm³/mol. The van der Waals surface area contributed by atoms with E-state index in [0.717, 1.165) is 18.2 Å². The van der Waals surface area contributed by atoms with Gasteiger partial charge in [-0.2, -0.15) is 13.2 Å². The standard InChI is InChI=1S/C12H13F4NO/c13-8-3-1-2-7(12(14,15)16)9(8)10(17)11(18)6-4-5-6/h1-3,6,10-11,18H,4-5,17H2/t10-,11+/m1/s1. The average molecular weight is 263 g/mol. The van der Waals surface area contributed by atoms with Crippen LogP contribution in [0.2, 0.25) is 0 Å². The fourth-order valence-electron chi connectivity index (χ4n) is 2.02. The van der Waals surface area contributed by atoms with Crippen molar-refractivity contribution in [1.82, 2.24) is 0 Å². The number of aliphatic hydroxyl groups is 1. The Morgan fingerprint density at radius 1 is 1.28 bits per heavy atom. The summed E-state index contributed by atoms with van der Waals surface area (Å²) in [6.07, 6.45) is -4.39. The first-order chi connectivity index (χ1) is 8.32. The Morgan fingerprint density at radius 2 is 1.89 bits per heavy atom. The summed E-state index contributed by atoms with van der Waals surface area (Å²) in [5.74, 6) is -1.15. The van der Waals surface area contributed by atoms with Gasteiger partial charge in [-0.3, -0.25) is 0 Å². The fourth-order valence-corrected chi connectivity index (χ4v) is 2.02. The monoisotopic (exact) mass is 263 g/mol. The van der Waals surface area contributed by atoms with Crippen LogP contribution >= 0.6 is 0 Å². The molecule has 0 radical (unpaired) electrons. The minimum absolute atomic E-state index is 0.124. The van der Waals surface area contributed by atoms with Gasteiger partial charge in [0.15, 0.2) is 0 Å². The molecule has 1 aromatic rings. The van der Waals surface area contributed by atoms with Crippen LogP contribution in [0.5, 0.6) is 0 Å². The minimum atomic E-state index is -4.68. The van der Waals surface area contributed by atoms with Crippen molar-refractivity contribution in [3.05, 3.63) is 35.1 Å². The Bertz CT molecular complexity index is 442. The van der Waals surface area contributed by atoms with Crippen molar-refractivity contribution >= 4 is 0 Å². The number of hydrogen-bond acceptors (Lipinski definition) is 2. The maximum atomic E-state index is 13.6. The first-order valence-electron chi connectivity index (χ1n) is 5.61. The van der Waals surface area contributed by atoms with E-state index in [1.54, 1.807) is 0 Å². The molecule has 100 valence electrons. The Balaban J connectivity index is 2.41. The largest absolute Gasteiger partial charge is 0.416 e. The maximum absolute atomic E-state index is 13.6. The van der Waals surface area contributed by atoms with Gasteiger partial charge in [-0.1, -0.05) is 6.07 Å². The second-order valence-corrected chi connectivity index (χ2v) is 4.55. The molecule has 0 aliphatic heterocycles. The van der Waals surface area contributed by atoms with Crippen molar-refractivity contribution in [1.29, 1.82) is 0 Å². The van der Waals surface area contributed by atoms with E-state index in [-0.39, 0.29) is 5.92 Å². The van der Waals surface area contributed by atoms with Gasteiger partial charge in [0.1, 0.15) is 5.82 Å². The zero-order chi connectivity index (χ0) is 13.5. The van der Waals surface area contributed by atoms with E-state index in [9.17, 15) is 22.7 Å². The zero-order valence-corrected chi connectivity index (χ0v) is 9.41.